The first-order chi connectivity index (χ1) is 7.36. The summed E-state index contributed by atoms with van der Waals surface area (Å²) in [5.41, 5.74) is 1.45. The minimum atomic E-state index is -0.326. The van der Waals surface area contributed by atoms with E-state index in [4.69, 9.17) is 15.1 Å². The average molecular weight is 207 g/mol. The number of aliphatic hydroxyl groups excluding tert-OH is 1. The van der Waals surface area contributed by atoms with Crippen LogP contribution in [0.2, 0.25) is 0 Å². The molecule has 1 aliphatic heterocycles. The molecule has 4 heteroatoms. The highest BCUT2D eigenvalue weighted by Crippen LogP contribution is 2.29. The quantitative estimate of drug-likeness (QED) is 0.565. The molecule has 15 heavy (non-hydrogen) atoms. The summed E-state index contributed by atoms with van der Waals surface area (Å²) in [6.07, 6.45) is -0.326. The molecule has 2 rings (SSSR count). The fourth-order valence-electron chi connectivity index (χ4n) is 1.77. The van der Waals surface area contributed by atoms with E-state index < -0.39 is 0 Å². The summed E-state index contributed by atoms with van der Waals surface area (Å²) in [5.74, 6) is -0.194. The van der Waals surface area contributed by atoms with Crippen molar-refractivity contribution in [2.75, 3.05) is 13.2 Å². The maximum Gasteiger partial charge on any atom is 0.124 e. The van der Waals surface area contributed by atoms with Crippen molar-refractivity contribution in [3.05, 3.63) is 35.9 Å². The molecule has 1 fully saturated rings. The number of rotatable bonds is 2. The lowest BCUT2D eigenvalue weighted by molar-refractivity contribution is 0.109. The van der Waals surface area contributed by atoms with Crippen LogP contribution in [0.25, 0.3) is 0 Å². The number of hydrogen-bond acceptors (Lipinski definition) is 4. The van der Waals surface area contributed by atoms with Gasteiger partial charge in [-0.1, -0.05) is 35.5 Å². The van der Waals surface area contributed by atoms with E-state index in [1.54, 1.807) is 0 Å². The zero-order chi connectivity index (χ0) is 10.7. The van der Waals surface area contributed by atoms with E-state index >= 15 is 0 Å². The maximum atomic E-state index is 9.06. The largest absolute Gasteiger partial charge is 0.411 e. The van der Waals surface area contributed by atoms with Gasteiger partial charge in [0.2, 0.25) is 0 Å². The number of oxime groups is 1. The van der Waals surface area contributed by atoms with Crippen LogP contribution in [-0.2, 0) is 4.74 Å². The molecule has 80 valence electrons. The van der Waals surface area contributed by atoms with Crippen molar-refractivity contribution in [1.29, 1.82) is 0 Å². The Kier molecular flexibility index (Phi) is 2.99. The van der Waals surface area contributed by atoms with Gasteiger partial charge in [0.05, 0.1) is 24.8 Å². The van der Waals surface area contributed by atoms with Gasteiger partial charge in [-0.3, -0.25) is 0 Å². The van der Waals surface area contributed by atoms with Crippen LogP contribution in [0.15, 0.2) is 35.5 Å². The van der Waals surface area contributed by atoms with Gasteiger partial charge in [0, 0.05) is 0 Å². The highest BCUT2D eigenvalue weighted by molar-refractivity contribution is 5.93. The summed E-state index contributed by atoms with van der Waals surface area (Å²) in [4.78, 5) is 0. The van der Waals surface area contributed by atoms with E-state index in [0.717, 1.165) is 5.56 Å². The molecule has 1 heterocycles. The first-order valence-corrected chi connectivity index (χ1v) is 4.86. The number of benzene rings is 1. The molecule has 0 amide bonds. The molecule has 2 atom stereocenters. The summed E-state index contributed by atoms with van der Waals surface area (Å²) in [5, 5.41) is 21.2. The predicted octanol–water partition coefficient (Wildman–Crippen LogP) is 1.20. The SMILES string of the molecule is OC[C@@H]1CO[C@@H](c2ccccc2)/C1=N\O. The highest BCUT2D eigenvalue weighted by atomic mass is 16.5. The van der Waals surface area contributed by atoms with E-state index in [-0.39, 0.29) is 18.6 Å². The molecule has 0 saturated carbocycles. The summed E-state index contributed by atoms with van der Waals surface area (Å²) >= 11 is 0. The Balaban J connectivity index is 2.25. The van der Waals surface area contributed by atoms with Gasteiger partial charge in [-0.05, 0) is 5.56 Å². The Morgan fingerprint density at radius 2 is 2.07 bits per heavy atom. The molecule has 2 N–H and O–H groups in total. The van der Waals surface area contributed by atoms with Crippen LogP contribution in [0.3, 0.4) is 0 Å². The van der Waals surface area contributed by atoms with Crippen molar-refractivity contribution in [1.82, 2.24) is 0 Å². The van der Waals surface area contributed by atoms with Gasteiger partial charge in [0.25, 0.3) is 0 Å². The summed E-state index contributed by atoms with van der Waals surface area (Å²) < 4.78 is 5.50. The van der Waals surface area contributed by atoms with Gasteiger partial charge < -0.3 is 15.1 Å². The summed E-state index contributed by atoms with van der Waals surface area (Å²) in [7, 11) is 0. The van der Waals surface area contributed by atoms with Gasteiger partial charge >= 0.3 is 0 Å². The smallest absolute Gasteiger partial charge is 0.124 e. The predicted molar refractivity (Wildman–Crippen MR) is 54.9 cm³/mol. The first kappa shape index (κ1) is 10.1. The van der Waals surface area contributed by atoms with Crippen molar-refractivity contribution in [3.63, 3.8) is 0 Å². The molecular weight excluding hydrogens is 194 g/mol. The van der Waals surface area contributed by atoms with E-state index in [1.165, 1.54) is 0 Å². The Hall–Kier alpha value is -1.39. The molecular formula is C11H13NO3. The van der Waals surface area contributed by atoms with Crippen LogP contribution in [0, 0.1) is 5.92 Å². The third kappa shape index (κ3) is 1.86. The maximum absolute atomic E-state index is 9.06. The Labute approximate surface area is 87.8 Å². The van der Waals surface area contributed by atoms with Crippen molar-refractivity contribution in [2.24, 2.45) is 11.1 Å². The lowest BCUT2D eigenvalue weighted by atomic mass is 9.99. The third-order valence-electron chi connectivity index (χ3n) is 2.59. The number of nitrogens with zero attached hydrogens (tertiary/aromatic N) is 1. The van der Waals surface area contributed by atoms with E-state index in [9.17, 15) is 0 Å². The van der Waals surface area contributed by atoms with Gasteiger partial charge in [-0.15, -0.1) is 0 Å². The Morgan fingerprint density at radius 1 is 1.33 bits per heavy atom. The van der Waals surface area contributed by atoms with Crippen LogP contribution < -0.4 is 0 Å². The van der Waals surface area contributed by atoms with Crippen molar-refractivity contribution in [2.45, 2.75) is 6.10 Å². The summed E-state index contributed by atoms with van der Waals surface area (Å²) in [6, 6.07) is 9.54. The second-order valence-electron chi connectivity index (χ2n) is 3.53. The lowest BCUT2D eigenvalue weighted by Gasteiger charge is -2.10. The van der Waals surface area contributed by atoms with Gasteiger partial charge in [-0.25, -0.2) is 0 Å². The Morgan fingerprint density at radius 3 is 2.67 bits per heavy atom. The topological polar surface area (TPSA) is 62.0 Å². The fourth-order valence-corrected chi connectivity index (χ4v) is 1.77. The van der Waals surface area contributed by atoms with E-state index in [1.807, 2.05) is 30.3 Å². The summed E-state index contributed by atoms with van der Waals surface area (Å²) in [6.45, 7) is 0.345. The van der Waals surface area contributed by atoms with Gasteiger partial charge in [0.1, 0.15) is 6.10 Å². The van der Waals surface area contributed by atoms with Crippen molar-refractivity contribution >= 4 is 5.71 Å². The normalized spacial score (nSPS) is 28.5. The molecule has 0 bridgehead atoms. The molecule has 1 aromatic rings. The molecule has 0 aromatic heterocycles. The van der Waals surface area contributed by atoms with E-state index in [2.05, 4.69) is 5.16 Å². The van der Waals surface area contributed by atoms with Crippen LogP contribution in [0.1, 0.15) is 11.7 Å². The zero-order valence-corrected chi connectivity index (χ0v) is 8.21. The van der Waals surface area contributed by atoms with Crippen LogP contribution >= 0.6 is 0 Å². The number of hydrogen-bond donors (Lipinski definition) is 2. The average Bonchev–Trinajstić information content (AvgIpc) is 2.72. The van der Waals surface area contributed by atoms with Crippen LogP contribution in [-0.4, -0.2) is 29.2 Å². The monoisotopic (exact) mass is 207 g/mol. The second-order valence-corrected chi connectivity index (χ2v) is 3.53. The molecule has 1 saturated heterocycles. The lowest BCUT2D eigenvalue weighted by Crippen LogP contribution is -2.18. The van der Waals surface area contributed by atoms with Crippen molar-refractivity contribution < 1.29 is 15.1 Å². The van der Waals surface area contributed by atoms with Crippen LogP contribution in [0.4, 0.5) is 0 Å². The van der Waals surface area contributed by atoms with E-state index in [0.29, 0.717) is 12.3 Å². The molecule has 0 radical (unpaired) electrons. The molecule has 4 nitrogen and oxygen atoms in total. The molecule has 0 spiro atoms. The van der Waals surface area contributed by atoms with Gasteiger partial charge in [0.15, 0.2) is 0 Å². The Bertz CT molecular complexity index is 350. The minimum Gasteiger partial charge on any atom is -0.411 e. The third-order valence-corrected chi connectivity index (χ3v) is 2.59. The minimum absolute atomic E-state index is 0.0529. The standard InChI is InChI=1S/C11H13NO3/c13-6-9-7-15-11(10(9)12-14)8-4-2-1-3-5-8/h1-5,9,11,13-14H,6-7H2/b12-10-/t9-,11+/m1/s1. The van der Waals surface area contributed by atoms with Crippen LogP contribution in [0.5, 0.6) is 0 Å². The number of ether oxygens (including phenoxy) is 1. The number of aliphatic hydroxyl groups is 1. The first-order valence-electron chi connectivity index (χ1n) is 4.86. The second kappa shape index (κ2) is 4.42. The van der Waals surface area contributed by atoms with Crippen molar-refractivity contribution in [3.8, 4) is 0 Å². The molecule has 0 aliphatic carbocycles. The fraction of sp³-hybridized carbons (Fsp3) is 0.364. The molecule has 1 aliphatic rings. The molecule has 0 unspecified atom stereocenters. The highest BCUT2D eigenvalue weighted by Gasteiger charge is 2.34. The van der Waals surface area contributed by atoms with Gasteiger partial charge in [-0.2, -0.15) is 0 Å². The molecule has 1 aromatic carbocycles. The zero-order valence-electron chi connectivity index (χ0n) is 8.21.